The Labute approximate surface area is 210 Å². The summed E-state index contributed by atoms with van der Waals surface area (Å²) in [5, 5.41) is 9.71. The number of ether oxygens (including phenoxy) is 2. The highest BCUT2D eigenvalue weighted by molar-refractivity contribution is 7.99. The molecule has 1 amide bonds. The molecule has 184 valence electrons. The normalized spacial score (nSPS) is 17.5. The number of hydrogen-bond acceptors (Lipinski definition) is 7. The Balaban J connectivity index is 1.25. The number of nitrogens with zero attached hydrogens (tertiary/aromatic N) is 5. The number of hydrogen-bond donors (Lipinski definition) is 0. The first kappa shape index (κ1) is 23.7. The zero-order valence-electron chi connectivity index (χ0n) is 20.0. The number of likely N-dealkylation sites (N-methyl/N-ethyl adjacent to an activating group) is 1. The van der Waals surface area contributed by atoms with Crippen molar-refractivity contribution in [2.45, 2.75) is 37.6 Å². The second-order valence-electron chi connectivity index (χ2n) is 8.77. The number of fused-ring (bicyclic) bond motifs is 1. The van der Waals surface area contributed by atoms with E-state index in [2.05, 4.69) is 31.8 Å². The molecule has 1 saturated heterocycles. The third-order valence-electron chi connectivity index (χ3n) is 6.33. The molecule has 1 unspecified atom stereocenters. The van der Waals surface area contributed by atoms with Crippen LogP contribution in [0.1, 0.15) is 25.6 Å². The molecule has 0 bridgehead atoms. The van der Waals surface area contributed by atoms with Gasteiger partial charge in [-0.25, -0.2) is 0 Å². The predicted octanol–water partition coefficient (Wildman–Crippen LogP) is 3.64. The fraction of sp³-hybridized carbons (Fsp3) is 0.423. The molecule has 35 heavy (non-hydrogen) atoms. The number of carbonyl (C=O) groups is 1. The van der Waals surface area contributed by atoms with Crippen LogP contribution in [0.15, 0.2) is 59.8 Å². The van der Waals surface area contributed by atoms with Crippen LogP contribution in [0, 0.1) is 0 Å². The summed E-state index contributed by atoms with van der Waals surface area (Å²) in [5.41, 5.74) is 1.01. The Kier molecular flexibility index (Phi) is 7.54. The molecular weight excluding hydrogens is 462 g/mol. The van der Waals surface area contributed by atoms with Crippen molar-refractivity contribution in [2.75, 3.05) is 38.5 Å². The molecule has 2 aliphatic heterocycles. The molecule has 2 aliphatic rings. The van der Waals surface area contributed by atoms with Crippen molar-refractivity contribution in [1.82, 2.24) is 24.6 Å². The smallest absolute Gasteiger partial charge is 0.233 e. The molecule has 0 radical (unpaired) electrons. The lowest BCUT2D eigenvalue weighted by atomic mass is 10.2. The van der Waals surface area contributed by atoms with E-state index in [0.29, 0.717) is 19.7 Å². The summed E-state index contributed by atoms with van der Waals surface area (Å²) in [4.78, 5) is 17.4. The van der Waals surface area contributed by atoms with Crippen molar-refractivity contribution in [3.63, 3.8) is 0 Å². The predicted molar refractivity (Wildman–Crippen MR) is 135 cm³/mol. The number of para-hydroxylation sites is 3. The van der Waals surface area contributed by atoms with Crippen molar-refractivity contribution in [3.8, 4) is 17.2 Å². The van der Waals surface area contributed by atoms with E-state index in [1.165, 1.54) is 24.6 Å². The van der Waals surface area contributed by atoms with Crippen molar-refractivity contribution in [2.24, 2.45) is 0 Å². The SMILES string of the molecule is CCN(CC1COc2ccccc2O1)C(=O)CSc1nnc(CN2CCCC2)n1-c1ccccc1. The van der Waals surface area contributed by atoms with E-state index in [4.69, 9.17) is 9.47 Å². The molecule has 2 aromatic carbocycles. The molecule has 1 atom stereocenters. The van der Waals surface area contributed by atoms with Crippen LogP contribution in [-0.4, -0.2) is 75.1 Å². The summed E-state index contributed by atoms with van der Waals surface area (Å²) in [7, 11) is 0. The lowest BCUT2D eigenvalue weighted by molar-refractivity contribution is -0.129. The number of rotatable bonds is 9. The minimum atomic E-state index is -0.196. The zero-order valence-corrected chi connectivity index (χ0v) is 20.8. The highest BCUT2D eigenvalue weighted by Crippen LogP contribution is 2.31. The van der Waals surface area contributed by atoms with Gasteiger partial charge in [0.25, 0.3) is 0 Å². The third kappa shape index (κ3) is 5.62. The van der Waals surface area contributed by atoms with E-state index in [0.717, 1.165) is 47.8 Å². The van der Waals surface area contributed by atoms with Gasteiger partial charge >= 0.3 is 0 Å². The van der Waals surface area contributed by atoms with Gasteiger partial charge in [0.2, 0.25) is 5.91 Å². The maximum Gasteiger partial charge on any atom is 0.233 e. The second-order valence-corrected chi connectivity index (χ2v) is 9.71. The van der Waals surface area contributed by atoms with Crippen LogP contribution in [0.4, 0.5) is 0 Å². The monoisotopic (exact) mass is 493 g/mol. The maximum absolute atomic E-state index is 13.1. The summed E-state index contributed by atoms with van der Waals surface area (Å²) in [5.74, 6) is 2.71. The second kappa shape index (κ2) is 11.1. The summed E-state index contributed by atoms with van der Waals surface area (Å²) in [6, 6.07) is 17.8. The minimum Gasteiger partial charge on any atom is -0.486 e. The Morgan fingerprint density at radius 2 is 1.80 bits per heavy atom. The molecule has 0 saturated carbocycles. The standard InChI is InChI=1S/C26H31N5O3S/c1-2-30(16-21-18-33-22-12-6-7-13-23(22)34-21)25(32)19-35-26-28-27-24(17-29-14-8-9-15-29)31(26)20-10-4-3-5-11-20/h3-7,10-13,21H,2,8-9,14-19H2,1H3. The Morgan fingerprint density at radius 1 is 1.06 bits per heavy atom. The molecular formula is C26H31N5O3S. The summed E-state index contributed by atoms with van der Waals surface area (Å²) in [6.07, 6.45) is 2.26. The van der Waals surface area contributed by atoms with E-state index in [1.54, 1.807) is 0 Å². The fourth-order valence-corrected chi connectivity index (χ4v) is 5.37. The first-order valence-electron chi connectivity index (χ1n) is 12.2. The molecule has 0 aliphatic carbocycles. The first-order valence-corrected chi connectivity index (χ1v) is 13.2. The summed E-state index contributed by atoms with van der Waals surface area (Å²) >= 11 is 1.43. The number of benzene rings is 2. The largest absolute Gasteiger partial charge is 0.486 e. The highest BCUT2D eigenvalue weighted by atomic mass is 32.2. The van der Waals surface area contributed by atoms with E-state index in [9.17, 15) is 4.79 Å². The van der Waals surface area contributed by atoms with Gasteiger partial charge in [-0.3, -0.25) is 14.3 Å². The summed E-state index contributed by atoms with van der Waals surface area (Å²) < 4.78 is 14.0. The van der Waals surface area contributed by atoms with Gasteiger partial charge in [-0.1, -0.05) is 42.1 Å². The number of aromatic nitrogens is 3. The van der Waals surface area contributed by atoms with Gasteiger partial charge in [0.15, 0.2) is 28.6 Å². The Morgan fingerprint density at radius 3 is 2.57 bits per heavy atom. The number of thioether (sulfide) groups is 1. The average molecular weight is 494 g/mol. The molecule has 1 fully saturated rings. The van der Waals surface area contributed by atoms with Crippen molar-refractivity contribution in [3.05, 3.63) is 60.4 Å². The van der Waals surface area contributed by atoms with Gasteiger partial charge < -0.3 is 14.4 Å². The van der Waals surface area contributed by atoms with E-state index < -0.39 is 0 Å². The van der Waals surface area contributed by atoms with Gasteiger partial charge in [-0.15, -0.1) is 10.2 Å². The summed E-state index contributed by atoms with van der Waals surface area (Å²) in [6.45, 7) is 6.44. The van der Waals surface area contributed by atoms with Crippen molar-refractivity contribution < 1.29 is 14.3 Å². The molecule has 3 heterocycles. The van der Waals surface area contributed by atoms with Crippen LogP contribution >= 0.6 is 11.8 Å². The van der Waals surface area contributed by atoms with E-state index >= 15 is 0 Å². The van der Waals surface area contributed by atoms with Crippen LogP contribution in [0.5, 0.6) is 11.5 Å². The van der Waals surface area contributed by atoms with Crippen LogP contribution in [0.3, 0.4) is 0 Å². The van der Waals surface area contributed by atoms with Gasteiger partial charge in [0, 0.05) is 12.2 Å². The fourth-order valence-electron chi connectivity index (χ4n) is 4.50. The van der Waals surface area contributed by atoms with Gasteiger partial charge in [0.05, 0.1) is 18.8 Å². The average Bonchev–Trinajstić information content (AvgIpc) is 3.56. The molecule has 9 heteroatoms. The first-order chi connectivity index (χ1) is 17.2. The quantitative estimate of drug-likeness (QED) is 0.422. The molecule has 5 rings (SSSR count). The van der Waals surface area contributed by atoms with Crippen molar-refractivity contribution >= 4 is 17.7 Å². The van der Waals surface area contributed by atoms with E-state index in [1.807, 2.05) is 54.3 Å². The van der Waals surface area contributed by atoms with Crippen LogP contribution in [0.25, 0.3) is 5.69 Å². The van der Waals surface area contributed by atoms with Gasteiger partial charge in [0.1, 0.15) is 6.61 Å². The number of amides is 1. The molecule has 0 spiro atoms. The lowest BCUT2D eigenvalue weighted by Crippen LogP contribution is -2.44. The van der Waals surface area contributed by atoms with Crippen molar-refractivity contribution in [1.29, 1.82) is 0 Å². The Hall–Kier alpha value is -3.04. The molecule has 8 nitrogen and oxygen atoms in total. The van der Waals surface area contributed by atoms with Crippen LogP contribution < -0.4 is 9.47 Å². The topological polar surface area (TPSA) is 72.7 Å². The van der Waals surface area contributed by atoms with Crippen LogP contribution in [-0.2, 0) is 11.3 Å². The molecule has 3 aromatic rings. The minimum absolute atomic E-state index is 0.0451. The molecule has 0 N–H and O–H groups in total. The van der Waals surface area contributed by atoms with Crippen LogP contribution in [0.2, 0.25) is 0 Å². The number of carbonyl (C=O) groups excluding carboxylic acids is 1. The lowest BCUT2D eigenvalue weighted by Gasteiger charge is -2.30. The maximum atomic E-state index is 13.1. The van der Waals surface area contributed by atoms with Gasteiger partial charge in [-0.05, 0) is 57.1 Å². The van der Waals surface area contributed by atoms with Gasteiger partial charge in [-0.2, -0.15) is 0 Å². The molecule has 1 aromatic heterocycles. The highest BCUT2D eigenvalue weighted by Gasteiger charge is 2.26. The zero-order chi connectivity index (χ0) is 24.0. The third-order valence-corrected chi connectivity index (χ3v) is 7.24. The number of likely N-dealkylation sites (tertiary alicyclic amines) is 1. The Bertz CT molecular complexity index is 1130. The van der Waals surface area contributed by atoms with E-state index in [-0.39, 0.29) is 17.8 Å².